The fourth-order valence-corrected chi connectivity index (χ4v) is 3.60. The number of carbonyl (C=O) groups is 1. The Hall–Kier alpha value is -2.05. The summed E-state index contributed by atoms with van der Waals surface area (Å²) in [6.45, 7) is 5.27. The minimum atomic E-state index is -3.61. The number of carbonyl (C=O) groups excluding carboxylic acids is 1. The molecule has 0 aliphatic heterocycles. The molecule has 1 N–H and O–H groups in total. The van der Waals surface area contributed by atoms with E-state index in [0.29, 0.717) is 16.4 Å². The summed E-state index contributed by atoms with van der Waals surface area (Å²) in [4.78, 5) is 12.4. The number of hydrogen-bond donors (Lipinski definition) is 1. The van der Waals surface area contributed by atoms with E-state index in [1.54, 1.807) is 24.3 Å². The number of aryl methyl sites for hydroxylation is 3. The Morgan fingerprint density at radius 3 is 2.36 bits per heavy atom. The maximum Gasteiger partial charge on any atom is 0.245 e. The first-order valence-corrected chi connectivity index (χ1v) is 9.91. The predicted molar refractivity (Wildman–Crippen MR) is 103 cm³/mol. The van der Waals surface area contributed by atoms with Gasteiger partial charge < -0.3 is 5.32 Å². The van der Waals surface area contributed by atoms with Gasteiger partial charge in [0.25, 0.3) is 0 Å². The van der Waals surface area contributed by atoms with Gasteiger partial charge in [-0.1, -0.05) is 35.4 Å². The Morgan fingerprint density at radius 2 is 1.76 bits per heavy atom. The molecule has 0 bridgehead atoms. The van der Waals surface area contributed by atoms with E-state index in [0.717, 1.165) is 27.3 Å². The van der Waals surface area contributed by atoms with Gasteiger partial charge in [-0.2, -0.15) is 0 Å². The molecule has 1 amide bonds. The maximum atomic E-state index is 12.4. The predicted octanol–water partition coefficient (Wildman–Crippen LogP) is 3.67. The first-order valence-electron chi connectivity index (χ1n) is 7.69. The van der Waals surface area contributed by atoms with Gasteiger partial charge in [0.2, 0.25) is 15.9 Å². The molecule has 5 nitrogen and oxygen atoms in total. The minimum Gasteiger partial charge on any atom is -0.324 e. The summed E-state index contributed by atoms with van der Waals surface area (Å²) in [6, 6.07) is 10.6. The van der Waals surface area contributed by atoms with E-state index in [9.17, 15) is 13.2 Å². The van der Waals surface area contributed by atoms with Gasteiger partial charge in [0.1, 0.15) is 6.54 Å². The summed E-state index contributed by atoms with van der Waals surface area (Å²) in [6.07, 6.45) is 1.09. The summed E-state index contributed by atoms with van der Waals surface area (Å²) in [5.74, 6) is -0.434. The van der Waals surface area contributed by atoms with Crippen molar-refractivity contribution >= 4 is 38.9 Å². The highest BCUT2D eigenvalue weighted by Crippen LogP contribution is 2.24. The second-order valence-corrected chi connectivity index (χ2v) is 8.41. The number of hydrogen-bond acceptors (Lipinski definition) is 3. The summed E-state index contributed by atoms with van der Waals surface area (Å²) in [7, 11) is -3.61. The van der Waals surface area contributed by atoms with Crippen molar-refractivity contribution in [3.8, 4) is 0 Å². The van der Waals surface area contributed by atoms with Crippen LogP contribution in [0.1, 0.15) is 16.7 Å². The topological polar surface area (TPSA) is 66.5 Å². The minimum absolute atomic E-state index is 0.311. The Kier molecular flexibility index (Phi) is 5.75. The normalized spacial score (nSPS) is 11.2. The van der Waals surface area contributed by atoms with Crippen LogP contribution in [0.4, 0.5) is 11.4 Å². The molecule has 2 rings (SSSR count). The second kappa shape index (κ2) is 7.45. The van der Waals surface area contributed by atoms with E-state index < -0.39 is 15.9 Å². The number of rotatable bonds is 5. The standard InChI is InChI=1S/C18H21ClN2O3S/c1-12-5-8-17(14(3)9-12)21(25(4,23)24)11-18(22)20-16-10-15(19)7-6-13(16)2/h5-10H,11H2,1-4H3,(H,20,22). The zero-order valence-corrected chi connectivity index (χ0v) is 16.2. The van der Waals surface area contributed by atoms with Gasteiger partial charge in [0, 0.05) is 10.7 Å². The van der Waals surface area contributed by atoms with Crippen LogP contribution in [0.15, 0.2) is 36.4 Å². The van der Waals surface area contributed by atoms with Crippen LogP contribution in [-0.4, -0.2) is 27.1 Å². The van der Waals surface area contributed by atoms with Crippen LogP contribution in [-0.2, 0) is 14.8 Å². The molecule has 0 fully saturated rings. The summed E-state index contributed by atoms with van der Waals surface area (Å²) >= 11 is 5.95. The molecule has 2 aromatic carbocycles. The van der Waals surface area contributed by atoms with Gasteiger partial charge in [0.15, 0.2) is 0 Å². The second-order valence-electron chi connectivity index (χ2n) is 6.07. The summed E-state index contributed by atoms with van der Waals surface area (Å²) < 4.78 is 25.5. The van der Waals surface area contributed by atoms with E-state index in [2.05, 4.69) is 5.32 Å². The van der Waals surface area contributed by atoms with Crippen LogP contribution in [0.25, 0.3) is 0 Å². The molecule has 2 aromatic rings. The number of halogens is 1. The molecule has 0 radical (unpaired) electrons. The third-order valence-corrected chi connectivity index (χ3v) is 5.14. The molecule has 0 saturated carbocycles. The Balaban J connectivity index is 2.28. The van der Waals surface area contributed by atoms with Crippen molar-refractivity contribution in [2.24, 2.45) is 0 Å². The van der Waals surface area contributed by atoms with Crippen molar-refractivity contribution in [3.05, 3.63) is 58.1 Å². The average Bonchev–Trinajstić information content (AvgIpc) is 2.48. The van der Waals surface area contributed by atoms with Crippen molar-refractivity contribution in [1.29, 1.82) is 0 Å². The first kappa shape index (κ1) is 19.3. The molecule has 25 heavy (non-hydrogen) atoms. The van der Waals surface area contributed by atoms with E-state index >= 15 is 0 Å². The maximum absolute atomic E-state index is 12.4. The van der Waals surface area contributed by atoms with E-state index in [-0.39, 0.29) is 6.54 Å². The lowest BCUT2D eigenvalue weighted by atomic mass is 10.1. The molecule has 7 heteroatoms. The summed E-state index contributed by atoms with van der Waals surface area (Å²) in [5, 5.41) is 3.22. The molecule has 0 unspecified atom stereocenters. The van der Waals surface area contributed by atoms with E-state index in [4.69, 9.17) is 11.6 Å². The quantitative estimate of drug-likeness (QED) is 0.860. The van der Waals surface area contributed by atoms with Gasteiger partial charge >= 0.3 is 0 Å². The van der Waals surface area contributed by atoms with Gasteiger partial charge in [-0.15, -0.1) is 0 Å². The molecule has 0 atom stereocenters. The van der Waals surface area contributed by atoms with Crippen LogP contribution in [0.2, 0.25) is 5.02 Å². The number of amides is 1. The van der Waals surface area contributed by atoms with Crippen molar-refractivity contribution < 1.29 is 13.2 Å². The van der Waals surface area contributed by atoms with Crippen molar-refractivity contribution in [2.45, 2.75) is 20.8 Å². The molecule has 0 saturated heterocycles. The number of nitrogens with zero attached hydrogens (tertiary/aromatic N) is 1. The number of sulfonamides is 1. The fourth-order valence-electron chi connectivity index (χ4n) is 2.52. The van der Waals surface area contributed by atoms with E-state index in [1.165, 1.54) is 0 Å². The number of benzene rings is 2. The Morgan fingerprint density at radius 1 is 1.08 bits per heavy atom. The van der Waals surface area contributed by atoms with Crippen LogP contribution in [0, 0.1) is 20.8 Å². The first-order chi connectivity index (χ1) is 11.6. The lowest BCUT2D eigenvalue weighted by Gasteiger charge is -2.24. The highest BCUT2D eigenvalue weighted by atomic mass is 35.5. The monoisotopic (exact) mass is 380 g/mol. The Bertz CT molecular complexity index is 911. The third kappa shape index (κ3) is 4.96. The molecule has 0 heterocycles. The number of anilines is 2. The van der Waals surface area contributed by atoms with Gasteiger partial charge in [-0.05, 0) is 50.1 Å². The van der Waals surface area contributed by atoms with Crippen molar-refractivity contribution in [2.75, 3.05) is 22.4 Å². The molecule has 0 aliphatic carbocycles. The molecule has 134 valence electrons. The van der Waals surface area contributed by atoms with Crippen molar-refractivity contribution in [3.63, 3.8) is 0 Å². The van der Waals surface area contributed by atoms with Crippen LogP contribution in [0.5, 0.6) is 0 Å². The van der Waals surface area contributed by atoms with Crippen LogP contribution < -0.4 is 9.62 Å². The lowest BCUT2D eigenvalue weighted by molar-refractivity contribution is -0.114. The van der Waals surface area contributed by atoms with Crippen LogP contribution >= 0.6 is 11.6 Å². The average molecular weight is 381 g/mol. The lowest BCUT2D eigenvalue weighted by Crippen LogP contribution is -2.38. The highest BCUT2D eigenvalue weighted by molar-refractivity contribution is 7.92. The summed E-state index contributed by atoms with van der Waals surface area (Å²) in [5.41, 5.74) is 3.71. The Labute approximate surface area is 153 Å². The zero-order valence-electron chi connectivity index (χ0n) is 14.6. The molecular weight excluding hydrogens is 360 g/mol. The van der Waals surface area contributed by atoms with Gasteiger partial charge in [0.05, 0.1) is 11.9 Å². The molecular formula is C18H21ClN2O3S. The highest BCUT2D eigenvalue weighted by Gasteiger charge is 2.22. The zero-order chi connectivity index (χ0) is 18.8. The number of nitrogens with one attached hydrogen (secondary N) is 1. The molecule has 0 aliphatic rings. The molecule has 0 spiro atoms. The smallest absolute Gasteiger partial charge is 0.245 e. The van der Waals surface area contributed by atoms with Crippen molar-refractivity contribution in [1.82, 2.24) is 0 Å². The SMILES string of the molecule is Cc1ccc(N(CC(=O)Nc2cc(Cl)ccc2C)S(C)(=O)=O)c(C)c1. The van der Waals surface area contributed by atoms with Gasteiger partial charge in [-0.25, -0.2) is 8.42 Å². The fraction of sp³-hybridized carbons (Fsp3) is 0.278. The largest absolute Gasteiger partial charge is 0.324 e. The van der Waals surface area contributed by atoms with Gasteiger partial charge in [-0.3, -0.25) is 9.10 Å². The third-order valence-electron chi connectivity index (χ3n) is 3.78. The molecule has 0 aromatic heterocycles. The van der Waals surface area contributed by atoms with Crippen LogP contribution in [0.3, 0.4) is 0 Å². The van der Waals surface area contributed by atoms with E-state index in [1.807, 2.05) is 32.9 Å².